The maximum Gasteiger partial charge on any atom is 0.187 e. The summed E-state index contributed by atoms with van der Waals surface area (Å²) >= 11 is 0. The molecule has 0 amide bonds. The normalized spacial score (nSPS) is 33.8. The molecule has 2 aliphatic heterocycles. The van der Waals surface area contributed by atoms with Crippen LogP contribution in [0.4, 0.5) is 0 Å². The molecule has 0 unspecified atom stereocenters. The number of hydrogen-bond acceptors (Lipinski definition) is 4. The molecule has 3 rings (SSSR count). The van der Waals surface area contributed by atoms with Crippen LogP contribution >= 0.6 is 0 Å². The molecule has 4 atom stereocenters. The molecule has 22 heavy (non-hydrogen) atoms. The zero-order valence-electron chi connectivity index (χ0n) is 13.1. The van der Waals surface area contributed by atoms with Crippen molar-refractivity contribution >= 4 is 6.08 Å². The summed E-state index contributed by atoms with van der Waals surface area (Å²) in [5.74, 6) is -0.595. The van der Waals surface area contributed by atoms with Crippen LogP contribution in [0.5, 0.6) is 0 Å². The maximum atomic E-state index is 5.93. The number of methoxy groups -OCH3 is 1. The zero-order valence-corrected chi connectivity index (χ0v) is 13.1. The summed E-state index contributed by atoms with van der Waals surface area (Å²) in [5, 5.41) is 0. The molecule has 2 aliphatic rings. The van der Waals surface area contributed by atoms with Crippen LogP contribution in [0.25, 0.3) is 6.08 Å². The Kier molecular flexibility index (Phi) is 4.45. The summed E-state index contributed by atoms with van der Waals surface area (Å²) in [6.45, 7) is 3.82. The third-order valence-corrected chi connectivity index (χ3v) is 3.78. The first-order chi connectivity index (χ1) is 10.6. The molecule has 0 aliphatic carbocycles. The lowest BCUT2D eigenvalue weighted by Crippen LogP contribution is -2.30. The molecule has 1 aromatic carbocycles. The van der Waals surface area contributed by atoms with Gasteiger partial charge in [0.1, 0.15) is 18.3 Å². The Hall–Kier alpha value is -1.46. The van der Waals surface area contributed by atoms with Crippen LogP contribution in [0.3, 0.4) is 0 Å². The van der Waals surface area contributed by atoms with Gasteiger partial charge in [0, 0.05) is 7.11 Å². The van der Waals surface area contributed by atoms with Crippen LogP contribution in [0.2, 0.25) is 0 Å². The van der Waals surface area contributed by atoms with Crippen LogP contribution in [0, 0.1) is 0 Å². The van der Waals surface area contributed by atoms with Gasteiger partial charge in [-0.05, 0) is 19.4 Å². The number of rotatable bonds is 4. The predicted molar refractivity (Wildman–Crippen MR) is 84.1 cm³/mol. The molecule has 4 heteroatoms. The molecule has 0 saturated carbocycles. The molecule has 0 spiro atoms. The van der Waals surface area contributed by atoms with Gasteiger partial charge in [0.25, 0.3) is 0 Å². The minimum atomic E-state index is -0.595. The SMILES string of the molecule is CO[C@@H]1O[C@@H](/C=C/C=C/c2ccccc2)[C@H]2OC(C)(C)O[C@@H]12. The lowest BCUT2D eigenvalue weighted by Gasteiger charge is -2.22. The molecule has 118 valence electrons. The Balaban J connectivity index is 1.65. The van der Waals surface area contributed by atoms with Crippen molar-refractivity contribution < 1.29 is 18.9 Å². The second kappa shape index (κ2) is 6.34. The number of allylic oxidation sites excluding steroid dienone is 2. The average molecular weight is 302 g/mol. The van der Waals surface area contributed by atoms with E-state index in [0.717, 1.165) is 5.56 Å². The summed E-state index contributed by atoms with van der Waals surface area (Å²) in [5.41, 5.74) is 1.16. The van der Waals surface area contributed by atoms with Gasteiger partial charge in [-0.1, -0.05) is 54.6 Å². The standard InChI is InChI=1S/C18H22O4/c1-18(2)21-15-14(20-17(19-3)16(15)22-18)12-8-7-11-13-9-5-4-6-10-13/h4-12,14-17H,1-3H3/b11-7+,12-8+/t14-,15+,16+,17+/m0/s1. The quantitative estimate of drug-likeness (QED) is 0.801. The van der Waals surface area contributed by atoms with Crippen molar-refractivity contribution in [2.24, 2.45) is 0 Å². The van der Waals surface area contributed by atoms with E-state index in [4.69, 9.17) is 18.9 Å². The van der Waals surface area contributed by atoms with Gasteiger partial charge in [-0.3, -0.25) is 0 Å². The second-order valence-corrected chi connectivity index (χ2v) is 5.92. The average Bonchev–Trinajstić information content (AvgIpc) is 2.98. The van der Waals surface area contributed by atoms with Crippen molar-refractivity contribution in [2.75, 3.05) is 7.11 Å². The molecule has 2 saturated heterocycles. The van der Waals surface area contributed by atoms with Gasteiger partial charge in [0.05, 0.1) is 0 Å². The highest BCUT2D eigenvalue weighted by Gasteiger charge is 2.54. The summed E-state index contributed by atoms with van der Waals surface area (Å²) in [7, 11) is 1.62. The van der Waals surface area contributed by atoms with Crippen molar-refractivity contribution in [2.45, 2.75) is 44.2 Å². The van der Waals surface area contributed by atoms with Gasteiger partial charge in [-0.25, -0.2) is 0 Å². The summed E-state index contributed by atoms with van der Waals surface area (Å²) < 4.78 is 23.0. The fourth-order valence-electron chi connectivity index (χ4n) is 2.84. The molecule has 0 radical (unpaired) electrons. The molecule has 4 nitrogen and oxygen atoms in total. The number of benzene rings is 1. The molecule has 1 aromatic rings. The largest absolute Gasteiger partial charge is 0.353 e. The summed E-state index contributed by atoms with van der Waals surface area (Å²) in [6, 6.07) is 10.2. The van der Waals surface area contributed by atoms with Crippen LogP contribution in [0.15, 0.2) is 48.6 Å². The summed E-state index contributed by atoms with van der Waals surface area (Å²) in [4.78, 5) is 0. The van der Waals surface area contributed by atoms with E-state index in [1.807, 2.05) is 56.4 Å². The van der Waals surface area contributed by atoms with E-state index >= 15 is 0 Å². The van der Waals surface area contributed by atoms with E-state index in [0.29, 0.717) is 0 Å². The van der Waals surface area contributed by atoms with Crippen molar-refractivity contribution in [3.63, 3.8) is 0 Å². The Labute approximate surface area is 131 Å². The topological polar surface area (TPSA) is 36.9 Å². The molecular formula is C18H22O4. The first-order valence-electron chi connectivity index (χ1n) is 7.53. The Morgan fingerprint density at radius 3 is 2.50 bits per heavy atom. The number of ether oxygens (including phenoxy) is 4. The van der Waals surface area contributed by atoms with Gasteiger partial charge in [0.15, 0.2) is 12.1 Å². The van der Waals surface area contributed by atoms with Crippen molar-refractivity contribution in [1.82, 2.24) is 0 Å². The first-order valence-corrected chi connectivity index (χ1v) is 7.53. The fraction of sp³-hybridized carbons (Fsp3) is 0.444. The predicted octanol–water partition coefficient (Wildman–Crippen LogP) is 3.15. The van der Waals surface area contributed by atoms with E-state index in [2.05, 4.69) is 12.1 Å². The van der Waals surface area contributed by atoms with E-state index in [1.54, 1.807) is 7.11 Å². The summed E-state index contributed by atoms with van der Waals surface area (Å²) in [6.07, 6.45) is 7.12. The lowest BCUT2D eigenvalue weighted by atomic mass is 10.1. The highest BCUT2D eigenvalue weighted by molar-refractivity contribution is 5.50. The molecular weight excluding hydrogens is 280 g/mol. The molecule has 0 bridgehead atoms. The minimum Gasteiger partial charge on any atom is -0.353 e. The van der Waals surface area contributed by atoms with Gasteiger partial charge < -0.3 is 18.9 Å². The maximum absolute atomic E-state index is 5.93. The fourth-order valence-corrected chi connectivity index (χ4v) is 2.84. The van der Waals surface area contributed by atoms with Crippen molar-refractivity contribution in [1.29, 1.82) is 0 Å². The number of hydrogen-bond donors (Lipinski definition) is 0. The van der Waals surface area contributed by atoms with Crippen LogP contribution in [0.1, 0.15) is 19.4 Å². The third kappa shape index (κ3) is 3.31. The van der Waals surface area contributed by atoms with E-state index in [9.17, 15) is 0 Å². The van der Waals surface area contributed by atoms with E-state index < -0.39 is 5.79 Å². The van der Waals surface area contributed by atoms with Crippen molar-refractivity contribution in [3.05, 3.63) is 54.1 Å². The second-order valence-electron chi connectivity index (χ2n) is 5.92. The lowest BCUT2D eigenvalue weighted by molar-refractivity contribution is -0.221. The Morgan fingerprint density at radius 2 is 1.77 bits per heavy atom. The van der Waals surface area contributed by atoms with Gasteiger partial charge >= 0.3 is 0 Å². The van der Waals surface area contributed by atoms with Gasteiger partial charge in [-0.15, -0.1) is 0 Å². The first kappa shape index (κ1) is 15.4. The van der Waals surface area contributed by atoms with Crippen LogP contribution in [-0.4, -0.2) is 37.5 Å². The smallest absolute Gasteiger partial charge is 0.187 e. The van der Waals surface area contributed by atoms with Gasteiger partial charge in [0.2, 0.25) is 0 Å². The van der Waals surface area contributed by atoms with Crippen LogP contribution in [-0.2, 0) is 18.9 Å². The Bertz CT molecular complexity index is 549. The monoisotopic (exact) mass is 302 g/mol. The Morgan fingerprint density at radius 1 is 1.05 bits per heavy atom. The molecule has 2 fully saturated rings. The minimum absolute atomic E-state index is 0.138. The molecule has 0 aromatic heterocycles. The van der Waals surface area contributed by atoms with E-state index in [-0.39, 0.29) is 24.6 Å². The molecule has 0 N–H and O–H groups in total. The highest BCUT2D eigenvalue weighted by Crippen LogP contribution is 2.39. The van der Waals surface area contributed by atoms with Crippen molar-refractivity contribution in [3.8, 4) is 0 Å². The van der Waals surface area contributed by atoms with Gasteiger partial charge in [-0.2, -0.15) is 0 Å². The third-order valence-electron chi connectivity index (χ3n) is 3.78. The van der Waals surface area contributed by atoms with E-state index in [1.165, 1.54) is 0 Å². The van der Waals surface area contributed by atoms with Crippen LogP contribution < -0.4 is 0 Å². The number of fused-ring (bicyclic) bond motifs is 1. The highest BCUT2D eigenvalue weighted by atomic mass is 16.8. The zero-order chi connectivity index (χ0) is 15.6. The molecule has 2 heterocycles.